The molecule has 0 saturated carbocycles. The molecule has 0 aliphatic rings. The number of rotatable bonds is 9. The molecule has 0 aromatic heterocycles. The van der Waals surface area contributed by atoms with E-state index in [4.69, 9.17) is 14.2 Å². The molecule has 1 N–H and O–H groups in total. The van der Waals surface area contributed by atoms with E-state index in [0.29, 0.717) is 6.42 Å². The topological polar surface area (TPSA) is 120 Å². The first-order valence-electron chi connectivity index (χ1n) is 6.81. The summed E-state index contributed by atoms with van der Waals surface area (Å²) in [6.45, 7) is 7.81. The summed E-state index contributed by atoms with van der Waals surface area (Å²) in [4.78, 5) is 47.1. The highest BCUT2D eigenvalue weighted by Gasteiger charge is 2.18. The Bertz CT molecular complexity index is 497. The minimum Gasteiger partial charge on any atom is -0.462 e. The molecule has 128 valence electrons. The van der Waals surface area contributed by atoms with Crippen molar-refractivity contribution in [3.8, 4) is 0 Å². The lowest BCUT2D eigenvalue weighted by Gasteiger charge is -2.15. The lowest BCUT2D eigenvalue weighted by atomic mass is 10.4. The number of nitrogens with zero attached hydrogens (tertiary/aromatic N) is 1. The largest absolute Gasteiger partial charge is 0.462 e. The molecule has 2 atom stereocenters. The Balaban J connectivity index is 3.89. The van der Waals surface area contributed by atoms with Crippen molar-refractivity contribution in [1.29, 1.82) is 0 Å². The summed E-state index contributed by atoms with van der Waals surface area (Å²) >= 11 is 0. The van der Waals surface area contributed by atoms with E-state index < -0.39 is 30.3 Å². The highest BCUT2D eigenvalue weighted by Crippen LogP contribution is 1.97. The maximum atomic E-state index is 11.4. The Labute approximate surface area is 133 Å². The van der Waals surface area contributed by atoms with Gasteiger partial charge in [0.2, 0.25) is 6.08 Å². The standard InChI is InChI=1S/C14H20N2O7/c1-9(2)12(18)21-6-5-7-22-14(20)16-11(4)23-13(19)10(3)15-8-17/h10-11H,1,5-7H2,2-4H3,(H,16,20). The molecule has 0 fully saturated rings. The molecule has 0 spiro atoms. The van der Waals surface area contributed by atoms with Gasteiger partial charge in [0.15, 0.2) is 12.3 Å². The van der Waals surface area contributed by atoms with Crippen LogP contribution in [0.2, 0.25) is 0 Å². The molecule has 2 unspecified atom stereocenters. The Morgan fingerprint density at radius 2 is 1.83 bits per heavy atom. The van der Waals surface area contributed by atoms with E-state index in [2.05, 4.69) is 16.9 Å². The first kappa shape index (κ1) is 20.3. The van der Waals surface area contributed by atoms with Crippen LogP contribution < -0.4 is 5.32 Å². The van der Waals surface area contributed by atoms with Crippen molar-refractivity contribution in [3.05, 3.63) is 12.2 Å². The maximum absolute atomic E-state index is 11.4. The molecule has 0 saturated heterocycles. The molecule has 23 heavy (non-hydrogen) atoms. The van der Waals surface area contributed by atoms with Crippen LogP contribution in [0.3, 0.4) is 0 Å². The van der Waals surface area contributed by atoms with Crippen molar-refractivity contribution in [2.24, 2.45) is 4.99 Å². The molecule has 9 heteroatoms. The number of carbonyl (C=O) groups is 3. The van der Waals surface area contributed by atoms with Crippen molar-refractivity contribution in [1.82, 2.24) is 5.32 Å². The number of amides is 1. The summed E-state index contributed by atoms with van der Waals surface area (Å²) in [7, 11) is 0. The third-order valence-electron chi connectivity index (χ3n) is 2.30. The maximum Gasteiger partial charge on any atom is 0.409 e. The third kappa shape index (κ3) is 9.81. The van der Waals surface area contributed by atoms with Crippen molar-refractivity contribution in [3.63, 3.8) is 0 Å². The van der Waals surface area contributed by atoms with Gasteiger partial charge in [0, 0.05) is 12.0 Å². The fourth-order valence-corrected chi connectivity index (χ4v) is 1.15. The van der Waals surface area contributed by atoms with Gasteiger partial charge >= 0.3 is 18.0 Å². The lowest BCUT2D eigenvalue weighted by Crippen LogP contribution is -2.38. The Morgan fingerprint density at radius 1 is 1.22 bits per heavy atom. The predicted octanol–water partition coefficient (Wildman–Crippen LogP) is 0.835. The van der Waals surface area contributed by atoms with E-state index in [-0.39, 0.29) is 18.8 Å². The van der Waals surface area contributed by atoms with Crippen LogP contribution in [0.5, 0.6) is 0 Å². The fraction of sp³-hybridized carbons (Fsp3) is 0.571. The van der Waals surface area contributed by atoms with E-state index in [1.807, 2.05) is 0 Å². The van der Waals surface area contributed by atoms with Gasteiger partial charge in [-0.2, -0.15) is 4.99 Å². The smallest absolute Gasteiger partial charge is 0.409 e. The lowest BCUT2D eigenvalue weighted by molar-refractivity contribution is -0.150. The molecule has 9 nitrogen and oxygen atoms in total. The highest BCUT2D eigenvalue weighted by atomic mass is 16.6. The number of alkyl carbamates (subject to hydrolysis) is 1. The molecule has 1 amide bonds. The summed E-state index contributed by atoms with van der Waals surface area (Å²) in [5, 5.41) is 2.26. The van der Waals surface area contributed by atoms with Crippen molar-refractivity contribution >= 4 is 24.1 Å². The zero-order chi connectivity index (χ0) is 17.8. The van der Waals surface area contributed by atoms with E-state index in [9.17, 15) is 19.2 Å². The summed E-state index contributed by atoms with van der Waals surface area (Å²) < 4.78 is 14.4. The van der Waals surface area contributed by atoms with Crippen LogP contribution in [0.15, 0.2) is 17.1 Å². The van der Waals surface area contributed by atoms with Gasteiger partial charge in [0.1, 0.15) is 0 Å². The number of hydrogen-bond acceptors (Lipinski definition) is 8. The van der Waals surface area contributed by atoms with Gasteiger partial charge in [-0.3, -0.25) is 5.32 Å². The molecule has 0 aliphatic carbocycles. The number of nitrogens with one attached hydrogen (secondary N) is 1. The molecule has 0 aromatic rings. The molecule has 0 radical (unpaired) electrons. The van der Waals surface area contributed by atoms with E-state index in [1.165, 1.54) is 26.9 Å². The summed E-state index contributed by atoms with van der Waals surface area (Å²) in [5.41, 5.74) is 0.285. The van der Waals surface area contributed by atoms with Crippen LogP contribution in [0.1, 0.15) is 27.2 Å². The molecule has 0 rings (SSSR count). The fourth-order valence-electron chi connectivity index (χ4n) is 1.15. The van der Waals surface area contributed by atoms with Gasteiger partial charge in [-0.1, -0.05) is 6.58 Å². The zero-order valence-corrected chi connectivity index (χ0v) is 13.3. The third-order valence-corrected chi connectivity index (χ3v) is 2.30. The summed E-state index contributed by atoms with van der Waals surface area (Å²) in [5.74, 6) is -1.30. The van der Waals surface area contributed by atoms with Crippen molar-refractivity contribution in [2.75, 3.05) is 13.2 Å². The molecule has 0 aliphatic heterocycles. The van der Waals surface area contributed by atoms with E-state index in [0.717, 1.165) is 0 Å². The van der Waals surface area contributed by atoms with Crippen LogP contribution in [0.4, 0.5) is 4.79 Å². The van der Waals surface area contributed by atoms with Gasteiger partial charge < -0.3 is 14.2 Å². The summed E-state index contributed by atoms with van der Waals surface area (Å²) in [6.07, 6.45) is -0.211. The zero-order valence-electron chi connectivity index (χ0n) is 13.3. The Hall–Kier alpha value is -2.67. The minimum atomic E-state index is -1.00. The number of esters is 2. The Morgan fingerprint density at radius 3 is 2.39 bits per heavy atom. The van der Waals surface area contributed by atoms with E-state index >= 15 is 0 Å². The van der Waals surface area contributed by atoms with Gasteiger partial charge in [-0.25, -0.2) is 19.2 Å². The second-order valence-electron chi connectivity index (χ2n) is 4.53. The molecular weight excluding hydrogens is 308 g/mol. The molecule has 0 bridgehead atoms. The van der Waals surface area contributed by atoms with Gasteiger partial charge in [-0.05, 0) is 20.8 Å². The summed E-state index contributed by atoms with van der Waals surface area (Å²) in [6, 6.07) is -1.00. The number of carbonyl (C=O) groups excluding carboxylic acids is 4. The number of isocyanates is 1. The van der Waals surface area contributed by atoms with Crippen molar-refractivity contribution in [2.45, 2.75) is 39.5 Å². The van der Waals surface area contributed by atoms with E-state index in [1.54, 1.807) is 0 Å². The SMILES string of the molecule is C=C(C)C(=O)OCCCOC(=O)NC(C)OC(=O)C(C)N=C=O. The number of aliphatic imine (C=N–C) groups is 1. The second-order valence-corrected chi connectivity index (χ2v) is 4.53. The minimum absolute atomic E-state index is 0.0157. The van der Waals surface area contributed by atoms with Crippen LogP contribution >= 0.6 is 0 Å². The van der Waals surface area contributed by atoms with Crippen LogP contribution in [0.25, 0.3) is 0 Å². The first-order valence-corrected chi connectivity index (χ1v) is 6.81. The average Bonchev–Trinajstić information content (AvgIpc) is 2.46. The average molecular weight is 328 g/mol. The van der Waals surface area contributed by atoms with Crippen molar-refractivity contribution < 1.29 is 33.4 Å². The first-order chi connectivity index (χ1) is 10.8. The normalized spacial score (nSPS) is 12.1. The van der Waals surface area contributed by atoms with Crippen LogP contribution in [-0.4, -0.2) is 49.6 Å². The monoisotopic (exact) mass is 328 g/mol. The van der Waals surface area contributed by atoms with Crippen LogP contribution in [-0.2, 0) is 28.6 Å². The highest BCUT2D eigenvalue weighted by molar-refractivity contribution is 5.86. The second kappa shape index (κ2) is 11.0. The quantitative estimate of drug-likeness (QED) is 0.127. The molecular formula is C14H20N2O7. The molecule has 0 aromatic carbocycles. The predicted molar refractivity (Wildman–Crippen MR) is 78.0 cm³/mol. The number of hydrogen-bond donors (Lipinski definition) is 1. The van der Waals surface area contributed by atoms with Gasteiger partial charge in [0.25, 0.3) is 0 Å². The van der Waals surface area contributed by atoms with Gasteiger partial charge in [0.05, 0.1) is 13.2 Å². The molecule has 0 heterocycles. The Kier molecular flexibility index (Phi) is 9.70. The van der Waals surface area contributed by atoms with Gasteiger partial charge in [-0.15, -0.1) is 0 Å². The number of ether oxygens (including phenoxy) is 3. The van der Waals surface area contributed by atoms with Crippen LogP contribution in [0, 0.1) is 0 Å².